The fraction of sp³-hybridized carbons (Fsp3) is 0.316. The largest absolute Gasteiger partial charge is 0.379 e. The number of nitrogens with zero attached hydrogens (tertiary/aromatic N) is 1. The van der Waals surface area contributed by atoms with Gasteiger partial charge in [0, 0.05) is 27.8 Å². The summed E-state index contributed by atoms with van der Waals surface area (Å²) >= 11 is 6.13. The molecule has 1 saturated heterocycles. The molecule has 5 heteroatoms. The Bertz CT molecular complexity index is 710. The average molecular weight is 359 g/mol. The fourth-order valence-corrected chi connectivity index (χ4v) is 3.49. The number of aryl methyl sites for hydroxylation is 2. The highest BCUT2D eigenvalue weighted by atomic mass is 32.2. The minimum Gasteiger partial charge on any atom is -0.379 e. The summed E-state index contributed by atoms with van der Waals surface area (Å²) in [6, 6.07) is 14.1. The molecule has 0 atom stereocenters. The number of hydrogen-bond acceptors (Lipinski definition) is 5. The second-order valence-electron chi connectivity index (χ2n) is 5.53. The zero-order chi connectivity index (χ0) is 17.4. The summed E-state index contributed by atoms with van der Waals surface area (Å²) in [6.45, 7) is 8.02. The lowest BCUT2D eigenvalue weighted by molar-refractivity contribution is 0.109. The predicted octanol–water partition coefficient (Wildman–Crippen LogP) is 4.22. The van der Waals surface area contributed by atoms with Gasteiger partial charge in [0.1, 0.15) is 0 Å². The van der Waals surface area contributed by atoms with Crippen molar-refractivity contribution < 1.29 is 4.74 Å². The summed E-state index contributed by atoms with van der Waals surface area (Å²) < 4.78 is 5.01. The summed E-state index contributed by atoms with van der Waals surface area (Å²) in [4.78, 5) is 3.15. The van der Waals surface area contributed by atoms with Gasteiger partial charge in [0.25, 0.3) is 0 Å². The van der Waals surface area contributed by atoms with Gasteiger partial charge in [-0.2, -0.15) is 5.26 Å². The number of thiol groups is 1. The molecule has 0 aliphatic carbocycles. The Balaban J connectivity index is 0.000000292. The van der Waals surface area contributed by atoms with Crippen molar-refractivity contribution >= 4 is 24.4 Å². The Morgan fingerprint density at radius 3 is 2.38 bits per heavy atom. The number of nitriles is 1. The summed E-state index contributed by atoms with van der Waals surface area (Å²) in [5.41, 5.74) is 3.14. The molecule has 1 aliphatic rings. The first-order valence-electron chi connectivity index (χ1n) is 7.87. The van der Waals surface area contributed by atoms with Gasteiger partial charge in [-0.15, -0.1) is 12.6 Å². The fourth-order valence-electron chi connectivity index (χ4n) is 2.12. The van der Waals surface area contributed by atoms with Gasteiger partial charge >= 0.3 is 0 Å². The molecule has 24 heavy (non-hydrogen) atoms. The van der Waals surface area contributed by atoms with Gasteiger partial charge in [0.05, 0.1) is 24.8 Å². The minimum atomic E-state index is 0.644. The van der Waals surface area contributed by atoms with Gasteiger partial charge in [-0.3, -0.25) is 0 Å². The molecule has 3 nitrogen and oxygen atoms in total. The molecule has 1 N–H and O–H groups in total. The van der Waals surface area contributed by atoms with Gasteiger partial charge in [-0.05, 0) is 49.2 Å². The number of ether oxygens (including phenoxy) is 1. The first-order valence-corrected chi connectivity index (χ1v) is 9.13. The highest BCUT2D eigenvalue weighted by Gasteiger charge is 2.05. The van der Waals surface area contributed by atoms with E-state index in [0.29, 0.717) is 5.56 Å². The third kappa shape index (κ3) is 5.88. The maximum Gasteiger partial charge on any atom is 0.0992 e. The molecule has 0 radical (unpaired) electrons. The van der Waals surface area contributed by atoms with E-state index in [0.717, 1.165) is 36.1 Å². The van der Waals surface area contributed by atoms with E-state index in [1.807, 2.05) is 12.1 Å². The van der Waals surface area contributed by atoms with E-state index in [2.05, 4.69) is 56.1 Å². The molecular weight excluding hydrogens is 336 g/mol. The lowest BCUT2D eigenvalue weighted by Crippen LogP contribution is -2.30. The third-order valence-corrected chi connectivity index (χ3v) is 5.25. The molecule has 2 aromatic carbocycles. The van der Waals surface area contributed by atoms with Gasteiger partial charge in [0.2, 0.25) is 0 Å². The topological polar surface area (TPSA) is 45.0 Å². The van der Waals surface area contributed by atoms with Crippen LogP contribution in [-0.2, 0) is 4.74 Å². The third-order valence-electron chi connectivity index (χ3n) is 3.50. The maximum absolute atomic E-state index is 8.83. The van der Waals surface area contributed by atoms with Gasteiger partial charge in [-0.1, -0.05) is 23.9 Å². The molecular formula is C19H22N2OS2. The highest BCUT2D eigenvalue weighted by molar-refractivity contribution is 7.99. The van der Waals surface area contributed by atoms with Gasteiger partial charge in [0.15, 0.2) is 0 Å². The zero-order valence-electron chi connectivity index (χ0n) is 14.0. The smallest absolute Gasteiger partial charge is 0.0992 e. The van der Waals surface area contributed by atoms with Crippen molar-refractivity contribution in [1.29, 1.82) is 5.26 Å². The molecule has 1 heterocycles. The molecule has 2 aromatic rings. The van der Waals surface area contributed by atoms with Gasteiger partial charge in [-0.25, -0.2) is 0 Å². The Kier molecular flexibility index (Phi) is 7.67. The summed E-state index contributed by atoms with van der Waals surface area (Å²) in [5.74, 6) is 0. The Hall–Kier alpha value is -1.45. The normalized spacial score (nSPS) is 13.6. The Labute approximate surface area is 153 Å². The van der Waals surface area contributed by atoms with E-state index in [1.165, 1.54) is 16.0 Å². The van der Waals surface area contributed by atoms with E-state index in [-0.39, 0.29) is 0 Å². The molecule has 0 bridgehead atoms. The summed E-state index contributed by atoms with van der Waals surface area (Å²) in [7, 11) is 0. The average Bonchev–Trinajstić information content (AvgIpc) is 2.62. The second kappa shape index (κ2) is 9.75. The lowest BCUT2D eigenvalue weighted by atomic mass is 10.2. The van der Waals surface area contributed by atoms with Crippen LogP contribution in [0, 0.1) is 25.2 Å². The Morgan fingerprint density at radius 1 is 1.08 bits per heavy atom. The molecule has 1 aliphatic heterocycles. The molecule has 0 amide bonds. The first-order chi connectivity index (χ1) is 11.6. The predicted molar refractivity (Wildman–Crippen MR) is 102 cm³/mol. The first kappa shape index (κ1) is 18.9. The van der Waals surface area contributed by atoms with Crippen LogP contribution in [0.2, 0.25) is 0 Å². The molecule has 3 rings (SSSR count). The maximum atomic E-state index is 8.83. The van der Waals surface area contributed by atoms with E-state index in [1.54, 1.807) is 17.8 Å². The number of nitrogens with one attached hydrogen (secondary N) is 1. The van der Waals surface area contributed by atoms with E-state index in [4.69, 9.17) is 10.00 Å². The molecule has 0 aromatic heterocycles. The van der Waals surface area contributed by atoms with Crippen molar-refractivity contribution in [2.24, 2.45) is 0 Å². The molecule has 1 fully saturated rings. The van der Waals surface area contributed by atoms with Crippen LogP contribution in [0.15, 0.2) is 51.1 Å². The molecule has 0 spiro atoms. The molecule has 126 valence electrons. The SMILES string of the molecule is C1COCCN1.Cc1ccc(C)c(Sc2ccc(C#N)cc2S)c1. The van der Waals surface area contributed by atoms with Gasteiger partial charge < -0.3 is 10.1 Å². The number of benzene rings is 2. The molecule has 0 saturated carbocycles. The number of hydrogen-bond donors (Lipinski definition) is 2. The van der Waals surface area contributed by atoms with Crippen molar-refractivity contribution in [2.45, 2.75) is 28.5 Å². The van der Waals surface area contributed by atoms with Crippen molar-refractivity contribution in [1.82, 2.24) is 5.32 Å². The number of morpholine rings is 1. The number of rotatable bonds is 2. The Morgan fingerprint density at radius 2 is 1.83 bits per heavy atom. The summed E-state index contributed by atoms with van der Waals surface area (Å²) in [6.07, 6.45) is 0. The van der Waals surface area contributed by atoms with Crippen molar-refractivity contribution in [3.63, 3.8) is 0 Å². The van der Waals surface area contributed by atoms with Crippen LogP contribution in [0.1, 0.15) is 16.7 Å². The van der Waals surface area contributed by atoms with Crippen molar-refractivity contribution in [3.8, 4) is 6.07 Å². The minimum absolute atomic E-state index is 0.644. The van der Waals surface area contributed by atoms with Crippen LogP contribution < -0.4 is 5.32 Å². The molecule has 0 unspecified atom stereocenters. The summed E-state index contributed by atoms with van der Waals surface area (Å²) in [5, 5.41) is 12.0. The zero-order valence-corrected chi connectivity index (χ0v) is 15.7. The van der Waals surface area contributed by atoms with Crippen LogP contribution in [0.25, 0.3) is 0 Å². The van der Waals surface area contributed by atoms with E-state index >= 15 is 0 Å². The van der Waals surface area contributed by atoms with Crippen LogP contribution in [0.4, 0.5) is 0 Å². The monoisotopic (exact) mass is 358 g/mol. The van der Waals surface area contributed by atoms with E-state index in [9.17, 15) is 0 Å². The second-order valence-corrected chi connectivity index (χ2v) is 7.09. The quantitative estimate of drug-likeness (QED) is 0.789. The van der Waals surface area contributed by atoms with Crippen molar-refractivity contribution in [2.75, 3.05) is 26.3 Å². The van der Waals surface area contributed by atoms with Crippen LogP contribution in [0.3, 0.4) is 0 Å². The highest BCUT2D eigenvalue weighted by Crippen LogP contribution is 2.35. The van der Waals surface area contributed by atoms with Crippen LogP contribution in [-0.4, -0.2) is 26.3 Å². The lowest BCUT2D eigenvalue weighted by Gasteiger charge is -2.10. The standard InChI is InChI=1S/C15H13NS2.C4H9NO/c1-10-3-4-11(2)15(7-10)18-14-6-5-12(9-16)8-13(14)17;1-3-6-4-2-5-1/h3-8,17H,1-2H3;5H,1-4H2. The van der Waals surface area contributed by atoms with Crippen molar-refractivity contribution in [3.05, 3.63) is 53.1 Å². The van der Waals surface area contributed by atoms with E-state index < -0.39 is 0 Å². The van der Waals surface area contributed by atoms with Crippen LogP contribution >= 0.6 is 24.4 Å². The van der Waals surface area contributed by atoms with Crippen LogP contribution in [0.5, 0.6) is 0 Å².